The molecule has 0 spiro atoms. The van der Waals surface area contributed by atoms with Gasteiger partial charge in [0.1, 0.15) is 0 Å². The minimum Gasteiger partial charge on any atom is -0.387 e. The highest BCUT2D eigenvalue weighted by atomic mass is 16.3. The van der Waals surface area contributed by atoms with Crippen molar-refractivity contribution in [3.8, 4) is 0 Å². The SMILES string of the molecule is CN1CCC(N2CCN(CC(O)c3ccccc3)CC2)CC1. The second-order valence-electron chi connectivity index (χ2n) is 6.80. The van der Waals surface area contributed by atoms with Crippen LogP contribution in [0.3, 0.4) is 0 Å². The predicted octanol–water partition coefficient (Wildman–Crippen LogP) is 1.43. The van der Waals surface area contributed by atoms with E-state index in [9.17, 15) is 5.11 Å². The van der Waals surface area contributed by atoms with E-state index < -0.39 is 0 Å². The molecule has 2 saturated heterocycles. The molecule has 0 aliphatic carbocycles. The van der Waals surface area contributed by atoms with Crippen LogP contribution in [0, 0.1) is 0 Å². The Kier molecular flexibility index (Phi) is 5.47. The van der Waals surface area contributed by atoms with Crippen LogP contribution in [-0.4, -0.2) is 78.7 Å². The van der Waals surface area contributed by atoms with Gasteiger partial charge in [0.15, 0.2) is 0 Å². The van der Waals surface area contributed by atoms with E-state index in [4.69, 9.17) is 0 Å². The number of hydrogen-bond acceptors (Lipinski definition) is 4. The normalized spacial score (nSPS) is 24.5. The van der Waals surface area contributed by atoms with Crippen molar-refractivity contribution in [2.24, 2.45) is 0 Å². The van der Waals surface area contributed by atoms with E-state index in [1.165, 1.54) is 25.9 Å². The van der Waals surface area contributed by atoms with E-state index in [0.29, 0.717) is 0 Å². The van der Waals surface area contributed by atoms with Gasteiger partial charge in [-0.15, -0.1) is 0 Å². The minimum atomic E-state index is -0.365. The summed E-state index contributed by atoms with van der Waals surface area (Å²) >= 11 is 0. The highest BCUT2D eigenvalue weighted by Gasteiger charge is 2.27. The number of benzene rings is 1. The lowest BCUT2D eigenvalue weighted by Gasteiger charge is -2.42. The zero-order chi connectivity index (χ0) is 15.4. The summed E-state index contributed by atoms with van der Waals surface area (Å²) in [6.07, 6.45) is 2.25. The molecule has 0 aromatic heterocycles. The molecule has 2 heterocycles. The molecule has 0 amide bonds. The predicted molar refractivity (Wildman–Crippen MR) is 89.9 cm³/mol. The zero-order valence-corrected chi connectivity index (χ0v) is 13.7. The van der Waals surface area contributed by atoms with Crippen LogP contribution in [-0.2, 0) is 0 Å². The molecule has 22 heavy (non-hydrogen) atoms. The molecule has 0 saturated carbocycles. The molecule has 122 valence electrons. The van der Waals surface area contributed by atoms with Crippen molar-refractivity contribution in [1.29, 1.82) is 0 Å². The van der Waals surface area contributed by atoms with Crippen LogP contribution in [0.25, 0.3) is 0 Å². The minimum absolute atomic E-state index is 0.365. The van der Waals surface area contributed by atoms with Gasteiger partial charge in [-0.1, -0.05) is 30.3 Å². The summed E-state index contributed by atoms with van der Waals surface area (Å²) in [6, 6.07) is 10.8. The van der Waals surface area contributed by atoms with Crippen LogP contribution in [0.4, 0.5) is 0 Å². The van der Waals surface area contributed by atoms with Gasteiger partial charge < -0.3 is 10.0 Å². The lowest BCUT2D eigenvalue weighted by Crippen LogP contribution is -2.53. The average Bonchev–Trinajstić information content (AvgIpc) is 2.57. The molecule has 4 heteroatoms. The van der Waals surface area contributed by atoms with Gasteiger partial charge in [-0.3, -0.25) is 9.80 Å². The molecule has 3 rings (SSSR count). The van der Waals surface area contributed by atoms with E-state index >= 15 is 0 Å². The van der Waals surface area contributed by atoms with Crippen LogP contribution < -0.4 is 0 Å². The molecule has 2 aliphatic heterocycles. The van der Waals surface area contributed by atoms with E-state index in [1.807, 2.05) is 30.3 Å². The number of nitrogens with zero attached hydrogens (tertiary/aromatic N) is 3. The van der Waals surface area contributed by atoms with Crippen molar-refractivity contribution >= 4 is 0 Å². The maximum atomic E-state index is 10.4. The number of aliphatic hydroxyl groups excluding tert-OH is 1. The Morgan fingerprint density at radius 3 is 2.27 bits per heavy atom. The molecule has 1 atom stereocenters. The second kappa shape index (κ2) is 7.55. The Hall–Kier alpha value is -0.940. The number of likely N-dealkylation sites (tertiary alicyclic amines) is 1. The first-order chi connectivity index (χ1) is 10.7. The van der Waals surface area contributed by atoms with Gasteiger partial charge in [0.25, 0.3) is 0 Å². The van der Waals surface area contributed by atoms with Gasteiger partial charge >= 0.3 is 0 Å². The number of piperidine rings is 1. The molecule has 0 bridgehead atoms. The Balaban J connectivity index is 1.44. The summed E-state index contributed by atoms with van der Waals surface area (Å²) in [5, 5.41) is 10.4. The maximum absolute atomic E-state index is 10.4. The topological polar surface area (TPSA) is 30.0 Å². The summed E-state index contributed by atoms with van der Waals surface area (Å²) in [4.78, 5) is 7.50. The van der Waals surface area contributed by atoms with Gasteiger partial charge in [-0.2, -0.15) is 0 Å². The molecule has 2 fully saturated rings. The van der Waals surface area contributed by atoms with Crippen LogP contribution in [0.15, 0.2) is 30.3 Å². The van der Waals surface area contributed by atoms with E-state index in [2.05, 4.69) is 21.7 Å². The van der Waals surface area contributed by atoms with E-state index in [1.54, 1.807) is 0 Å². The number of piperazine rings is 1. The van der Waals surface area contributed by atoms with Crippen LogP contribution in [0.2, 0.25) is 0 Å². The van der Waals surface area contributed by atoms with Gasteiger partial charge in [0.05, 0.1) is 6.10 Å². The van der Waals surface area contributed by atoms with Gasteiger partial charge in [-0.05, 0) is 38.5 Å². The molecule has 1 N–H and O–H groups in total. The maximum Gasteiger partial charge on any atom is 0.0916 e. The van der Waals surface area contributed by atoms with Crippen LogP contribution >= 0.6 is 0 Å². The van der Waals surface area contributed by atoms with Crippen molar-refractivity contribution in [3.05, 3.63) is 35.9 Å². The summed E-state index contributed by atoms with van der Waals surface area (Å²) in [5.74, 6) is 0. The van der Waals surface area contributed by atoms with Crippen molar-refractivity contribution in [3.63, 3.8) is 0 Å². The fourth-order valence-corrected chi connectivity index (χ4v) is 3.70. The van der Waals surface area contributed by atoms with Gasteiger partial charge in [-0.25, -0.2) is 0 Å². The smallest absolute Gasteiger partial charge is 0.0916 e. The summed E-state index contributed by atoms with van der Waals surface area (Å²) < 4.78 is 0. The van der Waals surface area contributed by atoms with Crippen LogP contribution in [0.1, 0.15) is 24.5 Å². The van der Waals surface area contributed by atoms with Gasteiger partial charge in [0.2, 0.25) is 0 Å². The van der Waals surface area contributed by atoms with E-state index in [-0.39, 0.29) is 6.10 Å². The highest BCUT2D eigenvalue weighted by molar-refractivity contribution is 5.17. The Bertz CT molecular complexity index is 437. The Labute approximate surface area is 134 Å². The zero-order valence-electron chi connectivity index (χ0n) is 13.7. The number of aliphatic hydroxyl groups is 1. The monoisotopic (exact) mass is 303 g/mol. The summed E-state index contributed by atoms with van der Waals surface area (Å²) in [6.45, 7) is 7.68. The van der Waals surface area contributed by atoms with Gasteiger partial charge in [0, 0.05) is 38.8 Å². The highest BCUT2D eigenvalue weighted by Crippen LogP contribution is 2.19. The first-order valence-electron chi connectivity index (χ1n) is 8.60. The molecular formula is C18H29N3O. The fourth-order valence-electron chi connectivity index (χ4n) is 3.70. The molecule has 1 aromatic rings. The molecule has 2 aliphatic rings. The lowest BCUT2D eigenvalue weighted by molar-refractivity contribution is 0.0401. The summed E-state index contributed by atoms with van der Waals surface area (Å²) in [5.41, 5.74) is 1.03. The Morgan fingerprint density at radius 1 is 1.00 bits per heavy atom. The first-order valence-corrected chi connectivity index (χ1v) is 8.60. The number of β-amino-alcohol motifs (C(OH)–C–C–N with tert-alkyl or cyclic N) is 1. The third kappa shape index (κ3) is 4.07. The van der Waals surface area contributed by atoms with E-state index in [0.717, 1.165) is 44.3 Å². The lowest BCUT2D eigenvalue weighted by atomic mass is 10.0. The standard InChI is InChI=1S/C18H29N3O/c1-19-9-7-17(8-10-19)21-13-11-20(12-14-21)15-18(22)16-5-3-2-4-6-16/h2-6,17-18,22H,7-15H2,1H3. The van der Waals surface area contributed by atoms with Crippen molar-refractivity contribution in [2.45, 2.75) is 25.0 Å². The largest absolute Gasteiger partial charge is 0.387 e. The number of hydrogen-bond donors (Lipinski definition) is 1. The van der Waals surface area contributed by atoms with Crippen LogP contribution in [0.5, 0.6) is 0 Å². The Morgan fingerprint density at radius 2 is 1.64 bits per heavy atom. The second-order valence-corrected chi connectivity index (χ2v) is 6.80. The average molecular weight is 303 g/mol. The summed E-state index contributed by atoms with van der Waals surface area (Å²) in [7, 11) is 2.22. The van der Waals surface area contributed by atoms with Crippen molar-refractivity contribution in [2.75, 3.05) is 52.9 Å². The fraction of sp³-hybridized carbons (Fsp3) is 0.667. The first kappa shape index (κ1) is 15.9. The third-order valence-corrected chi connectivity index (χ3v) is 5.23. The molecule has 0 radical (unpaired) electrons. The van der Waals surface area contributed by atoms with Crippen molar-refractivity contribution in [1.82, 2.24) is 14.7 Å². The van der Waals surface area contributed by atoms with Crippen molar-refractivity contribution < 1.29 is 5.11 Å². The molecular weight excluding hydrogens is 274 g/mol. The number of rotatable bonds is 4. The third-order valence-electron chi connectivity index (χ3n) is 5.23. The molecule has 1 aromatic carbocycles. The molecule has 4 nitrogen and oxygen atoms in total. The molecule has 1 unspecified atom stereocenters. The quantitative estimate of drug-likeness (QED) is 0.911.